The van der Waals surface area contributed by atoms with Crippen molar-refractivity contribution in [2.75, 3.05) is 12.4 Å². The second kappa shape index (κ2) is 5.01. The first-order valence-electron chi connectivity index (χ1n) is 4.76. The molecule has 6 heteroatoms. The standard InChI is InChI=1S/C11H9BrN2O3/c1-16-10-3-2-7(12)6-9(10)13-11(15)8-4-5-17-14-8/h2-6H,1H3,(H,13,15). The lowest BCUT2D eigenvalue weighted by Gasteiger charge is -2.09. The predicted molar refractivity (Wildman–Crippen MR) is 65.2 cm³/mol. The number of hydrogen-bond acceptors (Lipinski definition) is 4. The van der Waals surface area contributed by atoms with Crippen LogP contribution in [0.3, 0.4) is 0 Å². The van der Waals surface area contributed by atoms with E-state index in [1.807, 2.05) is 6.07 Å². The number of hydrogen-bond donors (Lipinski definition) is 1. The summed E-state index contributed by atoms with van der Waals surface area (Å²) in [5.41, 5.74) is 0.780. The number of amides is 1. The van der Waals surface area contributed by atoms with Gasteiger partial charge in [-0.25, -0.2) is 0 Å². The molecule has 0 spiro atoms. The van der Waals surface area contributed by atoms with Crippen LogP contribution in [0.4, 0.5) is 5.69 Å². The van der Waals surface area contributed by atoms with Gasteiger partial charge in [0.05, 0.1) is 12.8 Å². The lowest BCUT2D eigenvalue weighted by molar-refractivity contribution is 0.101. The summed E-state index contributed by atoms with van der Waals surface area (Å²) >= 11 is 3.32. The number of ether oxygens (including phenoxy) is 1. The lowest BCUT2D eigenvalue weighted by atomic mass is 10.3. The van der Waals surface area contributed by atoms with Gasteiger partial charge in [-0.05, 0) is 18.2 Å². The number of methoxy groups -OCH3 is 1. The van der Waals surface area contributed by atoms with Crippen LogP contribution in [0.1, 0.15) is 10.5 Å². The maximum absolute atomic E-state index is 11.8. The molecular weight excluding hydrogens is 288 g/mol. The molecule has 1 amide bonds. The first-order chi connectivity index (χ1) is 8.20. The number of carbonyl (C=O) groups excluding carboxylic acids is 1. The van der Waals surface area contributed by atoms with Gasteiger partial charge in [0, 0.05) is 10.5 Å². The Hall–Kier alpha value is -1.82. The fourth-order valence-corrected chi connectivity index (χ4v) is 1.65. The molecule has 2 rings (SSSR count). The van der Waals surface area contributed by atoms with Gasteiger partial charge in [-0.3, -0.25) is 4.79 Å². The summed E-state index contributed by atoms with van der Waals surface area (Å²) in [6, 6.07) is 6.81. The van der Waals surface area contributed by atoms with Crippen LogP contribution in [-0.2, 0) is 0 Å². The van der Waals surface area contributed by atoms with Crippen molar-refractivity contribution in [3.8, 4) is 5.75 Å². The molecule has 0 atom stereocenters. The molecule has 0 aliphatic heterocycles. The SMILES string of the molecule is COc1ccc(Br)cc1NC(=O)c1ccon1. The number of aromatic nitrogens is 1. The minimum absolute atomic E-state index is 0.215. The molecule has 5 nitrogen and oxygen atoms in total. The van der Waals surface area contributed by atoms with E-state index in [9.17, 15) is 4.79 Å². The number of benzene rings is 1. The van der Waals surface area contributed by atoms with Gasteiger partial charge in [-0.2, -0.15) is 0 Å². The van der Waals surface area contributed by atoms with Crippen LogP contribution >= 0.6 is 15.9 Å². The monoisotopic (exact) mass is 296 g/mol. The van der Waals surface area contributed by atoms with Crippen LogP contribution in [0.15, 0.2) is 39.5 Å². The highest BCUT2D eigenvalue weighted by Gasteiger charge is 2.12. The molecule has 1 N–H and O–H groups in total. The van der Waals surface area contributed by atoms with E-state index in [1.54, 1.807) is 12.1 Å². The Morgan fingerprint density at radius 3 is 2.94 bits per heavy atom. The summed E-state index contributed by atoms with van der Waals surface area (Å²) in [6.07, 6.45) is 1.34. The number of rotatable bonds is 3. The summed E-state index contributed by atoms with van der Waals surface area (Å²) < 4.78 is 10.6. The molecule has 0 aliphatic carbocycles. The fourth-order valence-electron chi connectivity index (χ4n) is 1.29. The normalized spacial score (nSPS) is 10.0. The molecule has 1 aromatic carbocycles. The third-order valence-corrected chi connectivity index (χ3v) is 2.57. The molecule has 0 unspecified atom stereocenters. The minimum Gasteiger partial charge on any atom is -0.495 e. The van der Waals surface area contributed by atoms with Gasteiger partial charge >= 0.3 is 0 Å². The molecular formula is C11H9BrN2O3. The number of anilines is 1. The molecule has 2 aromatic rings. The zero-order valence-corrected chi connectivity index (χ0v) is 10.5. The predicted octanol–water partition coefficient (Wildman–Crippen LogP) is 2.70. The molecule has 0 aliphatic rings. The maximum Gasteiger partial charge on any atom is 0.277 e. The van der Waals surface area contributed by atoms with Gasteiger partial charge in [-0.15, -0.1) is 0 Å². The Kier molecular flexibility index (Phi) is 3.43. The summed E-state index contributed by atoms with van der Waals surface area (Å²) in [5.74, 6) is 0.222. The van der Waals surface area contributed by atoms with Crippen molar-refractivity contribution in [1.29, 1.82) is 0 Å². The number of nitrogens with one attached hydrogen (secondary N) is 1. The highest BCUT2D eigenvalue weighted by Crippen LogP contribution is 2.28. The van der Waals surface area contributed by atoms with Crippen LogP contribution < -0.4 is 10.1 Å². The molecule has 0 saturated heterocycles. The second-order valence-corrected chi connectivity index (χ2v) is 4.10. The molecule has 1 heterocycles. The summed E-state index contributed by atoms with van der Waals surface area (Å²) in [6.45, 7) is 0. The van der Waals surface area contributed by atoms with Gasteiger partial charge in [0.25, 0.3) is 5.91 Å². The molecule has 0 fully saturated rings. The average molecular weight is 297 g/mol. The van der Waals surface area contributed by atoms with E-state index in [2.05, 4.69) is 30.9 Å². The Morgan fingerprint density at radius 1 is 1.47 bits per heavy atom. The summed E-state index contributed by atoms with van der Waals surface area (Å²) in [5, 5.41) is 6.24. The lowest BCUT2D eigenvalue weighted by Crippen LogP contribution is -2.12. The van der Waals surface area contributed by atoms with E-state index in [-0.39, 0.29) is 11.6 Å². The Labute approximate surface area is 106 Å². The first-order valence-corrected chi connectivity index (χ1v) is 5.55. The van der Waals surface area contributed by atoms with Crippen molar-refractivity contribution in [2.24, 2.45) is 0 Å². The zero-order chi connectivity index (χ0) is 12.3. The van der Waals surface area contributed by atoms with E-state index in [1.165, 1.54) is 19.4 Å². The minimum atomic E-state index is -0.352. The van der Waals surface area contributed by atoms with E-state index < -0.39 is 0 Å². The van der Waals surface area contributed by atoms with Crippen molar-refractivity contribution >= 4 is 27.5 Å². The zero-order valence-electron chi connectivity index (χ0n) is 8.94. The first kappa shape index (κ1) is 11.7. The second-order valence-electron chi connectivity index (χ2n) is 3.18. The van der Waals surface area contributed by atoms with Crippen LogP contribution in [0.25, 0.3) is 0 Å². The number of nitrogens with zero attached hydrogens (tertiary/aromatic N) is 1. The van der Waals surface area contributed by atoms with Gasteiger partial charge in [0.2, 0.25) is 0 Å². The fraction of sp³-hybridized carbons (Fsp3) is 0.0909. The Balaban J connectivity index is 2.23. The van der Waals surface area contributed by atoms with Crippen LogP contribution in [0.5, 0.6) is 5.75 Å². The smallest absolute Gasteiger partial charge is 0.277 e. The molecule has 0 saturated carbocycles. The van der Waals surface area contributed by atoms with Crippen LogP contribution in [0.2, 0.25) is 0 Å². The van der Waals surface area contributed by atoms with Crippen molar-refractivity contribution in [1.82, 2.24) is 5.16 Å². The van der Waals surface area contributed by atoms with E-state index >= 15 is 0 Å². The van der Waals surface area contributed by atoms with Crippen molar-refractivity contribution in [3.63, 3.8) is 0 Å². The number of halogens is 1. The van der Waals surface area contributed by atoms with Gasteiger partial charge in [-0.1, -0.05) is 21.1 Å². The highest BCUT2D eigenvalue weighted by molar-refractivity contribution is 9.10. The molecule has 0 bridgehead atoms. The molecule has 88 valence electrons. The van der Waals surface area contributed by atoms with Crippen molar-refractivity contribution < 1.29 is 14.1 Å². The Bertz CT molecular complexity index is 526. The Morgan fingerprint density at radius 2 is 2.29 bits per heavy atom. The molecule has 1 aromatic heterocycles. The summed E-state index contributed by atoms with van der Waals surface area (Å²) in [4.78, 5) is 11.8. The van der Waals surface area contributed by atoms with Crippen LogP contribution in [0, 0.1) is 0 Å². The quantitative estimate of drug-likeness (QED) is 0.946. The highest BCUT2D eigenvalue weighted by atomic mass is 79.9. The summed E-state index contributed by atoms with van der Waals surface area (Å²) in [7, 11) is 1.54. The van der Waals surface area contributed by atoms with E-state index in [4.69, 9.17) is 4.74 Å². The molecule has 17 heavy (non-hydrogen) atoms. The van der Waals surface area contributed by atoms with Crippen LogP contribution in [-0.4, -0.2) is 18.2 Å². The largest absolute Gasteiger partial charge is 0.495 e. The van der Waals surface area contributed by atoms with Crippen molar-refractivity contribution in [2.45, 2.75) is 0 Å². The van der Waals surface area contributed by atoms with E-state index in [0.29, 0.717) is 11.4 Å². The van der Waals surface area contributed by atoms with Crippen molar-refractivity contribution in [3.05, 3.63) is 40.7 Å². The van der Waals surface area contributed by atoms with Gasteiger partial charge in [0.1, 0.15) is 12.0 Å². The topological polar surface area (TPSA) is 64.4 Å². The molecule has 0 radical (unpaired) electrons. The average Bonchev–Trinajstić information content (AvgIpc) is 2.83. The van der Waals surface area contributed by atoms with E-state index in [0.717, 1.165) is 4.47 Å². The maximum atomic E-state index is 11.8. The third kappa shape index (κ3) is 2.65. The number of carbonyl (C=O) groups is 1. The van der Waals surface area contributed by atoms with Gasteiger partial charge < -0.3 is 14.6 Å². The third-order valence-electron chi connectivity index (χ3n) is 2.08. The van der Waals surface area contributed by atoms with Gasteiger partial charge in [0.15, 0.2) is 5.69 Å².